The van der Waals surface area contributed by atoms with Crippen molar-refractivity contribution in [1.82, 2.24) is 4.90 Å². The third-order valence-electron chi connectivity index (χ3n) is 2.58. The van der Waals surface area contributed by atoms with E-state index in [1.165, 1.54) is 6.92 Å². The van der Waals surface area contributed by atoms with Crippen LogP contribution in [0, 0.1) is 0 Å². The highest BCUT2D eigenvalue weighted by molar-refractivity contribution is 5.84. The van der Waals surface area contributed by atoms with Crippen LogP contribution in [-0.2, 0) is 11.3 Å². The van der Waals surface area contributed by atoms with Gasteiger partial charge in [-0.1, -0.05) is 12.1 Å². The number of hydrogen-bond donors (Lipinski definition) is 1. The van der Waals surface area contributed by atoms with Gasteiger partial charge in [0.15, 0.2) is 0 Å². The first-order chi connectivity index (χ1) is 8.78. The van der Waals surface area contributed by atoms with Crippen LogP contribution < -0.4 is 5.73 Å². The number of rotatable bonds is 5. The van der Waals surface area contributed by atoms with Gasteiger partial charge in [0, 0.05) is 18.8 Å². The monoisotopic (exact) mass is 278 g/mol. The predicted octanol–water partition coefficient (Wildman–Crippen LogP) is 2.52. The molecule has 7 heteroatoms. The molecule has 0 unspecified atom stereocenters. The topological polar surface area (TPSA) is 46.3 Å². The molecule has 0 aliphatic rings. The molecule has 106 valence electrons. The lowest BCUT2D eigenvalue weighted by atomic mass is 10.2. The lowest BCUT2D eigenvalue weighted by Gasteiger charge is -2.25. The second-order valence-corrected chi connectivity index (χ2v) is 3.98. The highest BCUT2D eigenvalue weighted by Crippen LogP contribution is 2.26. The quantitative estimate of drug-likeness (QED) is 0.664. The largest absolute Gasteiger partial charge is 0.399 e. The van der Waals surface area contributed by atoms with E-state index in [9.17, 15) is 22.4 Å². The van der Waals surface area contributed by atoms with Gasteiger partial charge < -0.3 is 10.6 Å². The summed E-state index contributed by atoms with van der Waals surface area (Å²) in [5, 5.41) is 0. The summed E-state index contributed by atoms with van der Waals surface area (Å²) in [6, 6.07) is 6.18. The molecule has 1 aromatic rings. The predicted molar refractivity (Wildman–Crippen MR) is 62.9 cm³/mol. The first-order valence-electron chi connectivity index (χ1n) is 5.58. The van der Waals surface area contributed by atoms with Crippen LogP contribution in [0.15, 0.2) is 24.3 Å². The number of nitrogen functional groups attached to an aromatic ring is 1. The van der Waals surface area contributed by atoms with Crippen LogP contribution >= 0.6 is 0 Å². The zero-order valence-corrected chi connectivity index (χ0v) is 10.2. The molecule has 1 amide bonds. The molecule has 0 fully saturated rings. The van der Waals surface area contributed by atoms with Gasteiger partial charge in [-0.3, -0.25) is 4.79 Å². The molecule has 2 N–H and O–H groups in total. The van der Waals surface area contributed by atoms with Crippen LogP contribution in [0.5, 0.6) is 0 Å². The Morgan fingerprint density at radius 2 is 1.84 bits per heavy atom. The molecule has 0 radical (unpaired) electrons. The van der Waals surface area contributed by atoms with E-state index in [1.54, 1.807) is 24.3 Å². The molecule has 1 rings (SSSR count). The molecular formula is C12H14F4N2O. The third-order valence-corrected chi connectivity index (χ3v) is 2.58. The minimum absolute atomic E-state index is 0.0917. The van der Waals surface area contributed by atoms with Crippen LogP contribution in [0.2, 0.25) is 0 Å². The summed E-state index contributed by atoms with van der Waals surface area (Å²) in [5.41, 5.74) is 6.48. The van der Waals surface area contributed by atoms with Gasteiger partial charge in [-0.15, -0.1) is 0 Å². The van der Waals surface area contributed by atoms with Crippen LogP contribution in [0.4, 0.5) is 23.2 Å². The zero-order valence-electron chi connectivity index (χ0n) is 10.2. The smallest absolute Gasteiger partial charge is 0.383 e. The average molecular weight is 278 g/mol. The van der Waals surface area contributed by atoms with E-state index in [0.29, 0.717) is 16.2 Å². The van der Waals surface area contributed by atoms with Crippen molar-refractivity contribution in [2.75, 3.05) is 12.3 Å². The van der Waals surface area contributed by atoms with Crippen LogP contribution in [0.25, 0.3) is 0 Å². The molecule has 0 aliphatic carbocycles. The summed E-state index contributed by atoms with van der Waals surface area (Å²) in [4.78, 5) is 12.1. The number of benzene rings is 1. The van der Waals surface area contributed by atoms with E-state index in [4.69, 9.17) is 5.73 Å². The lowest BCUT2D eigenvalue weighted by Crippen LogP contribution is -2.47. The fraction of sp³-hybridized carbons (Fsp3) is 0.417. The Morgan fingerprint density at radius 3 is 2.26 bits per heavy atom. The van der Waals surface area contributed by atoms with E-state index in [-0.39, 0.29) is 13.1 Å². The number of carbonyl (C=O) groups is 1. The molecular weight excluding hydrogens is 264 g/mol. The number of anilines is 1. The number of halogens is 4. The van der Waals surface area contributed by atoms with E-state index in [2.05, 4.69) is 0 Å². The number of alkyl halides is 4. The Labute approximate surface area is 108 Å². The van der Waals surface area contributed by atoms with Crippen molar-refractivity contribution in [2.45, 2.75) is 25.8 Å². The number of nitrogens with two attached hydrogens (primary N) is 1. The van der Waals surface area contributed by atoms with Gasteiger partial charge in [0.2, 0.25) is 0 Å². The average Bonchev–Trinajstić information content (AvgIpc) is 2.37. The summed E-state index contributed by atoms with van der Waals surface area (Å²) < 4.78 is 50.2. The Kier molecular flexibility index (Phi) is 4.74. The van der Waals surface area contributed by atoms with Crippen LogP contribution in [0.1, 0.15) is 12.5 Å². The van der Waals surface area contributed by atoms with Crippen LogP contribution in [0.3, 0.4) is 0 Å². The van der Waals surface area contributed by atoms with E-state index >= 15 is 0 Å². The van der Waals surface area contributed by atoms with Gasteiger partial charge in [0.25, 0.3) is 5.91 Å². The lowest BCUT2D eigenvalue weighted by molar-refractivity contribution is -0.181. The maximum absolute atomic E-state index is 13.0. The molecule has 0 aromatic heterocycles. The highest BCUT2D eigenvalue weighted by Gasteiger charge is 2.50. The molecule has 0 heterocycles. The Balaban J connectivity index is 2.84. The molecule has 0 saturated heterocycles. The Morgan fingerprint density at radius 1 is 1.32 bits per heavy atom. The molecule has 0 atom stereocenters. The maximum atomic E-state index is 13.0. The minimum atomic E-state index is -4.66. The van der Waals surface area contributed by atoms with Gasteiger partial charge in [0.05, 0.1) is 0 Å². The molecule has 0 aliphatic heterocycles. The summed E-state index contributed by atoms with van der Waals surface area (Å²) >= 11 is 0. The third kappa shape index (κ3) is 3.59. The fourth-order valence-electron chi connectivity index (χ4n) is 1.47. The molecule has 1 aromatic carbocycles. The van der Waals surface area contributed by atoms with Crippen molar-refractivity contribution in [3.8, 4) is 0 Å². The van der Waals surface area contributed by atoms with E-state index in [1.807, 2.05) is 0 Å². The van der Waals surface area contributed by atoms with Gasteiger partial charge in [-0.25, -0.2) is 8.78 Å². The highest BCUT2D eigenvalue weighted by atomic mass is 19.3. The number of amides is 1. The fourth-order valence-corrected chi connectivity index (χ4v) is 1.47. The number of carbonyl (C=O) groups excluding carboxylic acids is 1. The van der Waals surface area contributed by atoms with Crippen molar-refractivity contribution in [3.63, 3.8) is 0 Å². The second kappa shape index (κ2) is 5.90. The standard InChI is InChI=1S/C12H14F4N2O/c1-2-18(11(19)12(15,16)10(13)14)7-8-3-5-9(17)6-4-8/h3-6,10H,2,7,17H2,1H3. The van der Waals surface area contributed by atoms with Gasteiger partial charge in [0.1, 0.15) is 0 Å². The summed E-state index contributed by atoms with van der Waals surface area (Å²) in [6.07, 6.45) is -4.01. The Hall–Kier alpha value is -1.79. The van der Waals surface area contributed by atoms with Crippen molar-refractivity contribution < 1.29 is 22.4 Å². The normalized spacial score (nSPS) is 11.7. The van der Waals surface area contributed by atoms with Crippen molar-refractivity contribution in [3.05, 3.63) is 29.8 Å². The van der Waals surface area contributed by atoms with Crippen molar-refractivity contribution >= 4 is 11.6 Å². The summed E-state index contributed by atoms with van der Waals surface area (Å²) in [5.74, 6) is -6.54. The first-order valence-corrected chi connectivity index (χ1v) is 5.58. The maximum Gasteiger partial charge on any atom is 0.383 e. The molecule has 0 saturated carbocycles. The van der Waals surface area contributed by atoms with Gasteiger partial charge >= 0.3 is 12.3 Å². The summed E-state index contributed by atoms with van der Waals surface area (Å²) in [7, 11) is 0. The van der Waals surface area contributed by atoms with E-state index < -0.39 is 18.3 Å². The van der Waals surface area contributed by atoms with Crippen LogP contribution in [-0.4, -0.2) is 29.7 Å². The SMILES string of the molecule is CCN(Cc1ccc(N)cc1)C(=O)C(F)(F)C(F)F. The van der Waals surface area contributed by atoms with E-state index in [0.717, 1.165) is 0 Å². The molecule has 0 spiro atoms. The molecule has 19 heavy (non-hydrogen) atoms. The number of hydrogen-bond acceptors (Lipinski definition) is 2. The van der Waals surface area contributed by atoms with Crippen molar-refractivity contribution in [2.24, 2.45) is 0 Å². The molecule has 0 bridgehead atoms. The first kappa shape index (κ1) is 15.3. The summed E-state index contributed by atoms with van der Waals surface area (Å²) in [6.45, 7) is 1.18. The second-order valence-electron chi connectivity index (χ2n) is 3.98. The zero-order chi connectivity index (χ0) is 14.6. The van der Waals surface area contributed by atoms with Gasteiger partial charge in [-0.2, -0.15) is 8.78 Å². The Bertz CT molecular complexity index is 434. The molecule has 3 nitrogen and oxygen atoms in total. The number of nitrogens with zero attached hydrogens (tertiary/aromatic N) is 1. The van der Waals surface area contributed by atoms with Crippen molar-refractivity contribution in [1.29, 1.82) is 0 Å². The minimum Gasteiger partial charge on any atom is -0.399 e. The van der Waals surface area contributed by atoms with Gasteiger partial charge in [-0.05, 0) is 24.6 Å².